The number of benzene rings is 1. The smallest absolute Gasteiger partial charge is 0.123 e. The van der Waals surface area contributed by atoms with Gasteiger partial charge in [-0.1, -0.05) is 6.07 Å². The van der Waals surface area contributed by atoms with Crippen LogP contribution in [0.5, 0.6) is 0 Å². The first-order valence-electron chi connectivity index (χ1n) is 5.21. The van der Waals surface area contributed by atoms with Gasteiger partial charge in [-0.25, -0.2) is 4.39 Å². The number of rotatable bonds is 2. The summed E-state index contributed by atoms with van der Waals surface area (Å²) >= 11 is 3.42. The molecule has 0 radical (unpaired) electrons. The van der Waals surface area contributed by atoms with E-state index in [2.05, 4.69) is 20.9 Å². The molecule has 2 rings (SSSR count). The van der Waals surface area contributed by atoms with Gasteiger partial charge in [-0.3, -0.25) is 4.98 Å². The second-order valence-corrected chi connectivity index (χ2v) is 4.70. The molecule has 0 saturated carbocycles. The van der Waals surface area contributed by atoms with E-state index in [1.165, 1.54) is 12.1 Å². The maximum atomic E-state index is 13.0. The van der Waals surface area contributed by atoms with Crippen molar-refractivity contribution in [2.24, 2.45) is 5.73 Å². The van der Waals surface area contributed by atoms with Gasteiger partial charge < -0.3 is 5.73 Å². The van der Waals surface area contributed by atoms with Gasteiger partial charge in [0.15, 0.2) is 0 Å². The normalized spacial score (nSPS) is 12.5. The average molecular weight is 295 g/mol. The van der Waals surface area contributed by atoms with Crippen molar-refractivity contribution in [3.05, 3.63) is 63.6 Å². The van der Waals surface area contributed by atoms with Crippen molar-refractivity contribution in [3.8, 4) is 0 Å². The Morgan fingerprint density at radius 2 is 2.12 bits per heavy atom. The molecule has 1 aromatic heterocycles. The van der Waals surface area contributed by atoms with E-state index in [1.54, 1.807) is 12.3 Å². The lowest BCUT2D eigenvalue weighted by atomic mass is 9.99. The summed E-state index contributed by atoms with van der Waals surface area (Å²) in [5, 5.41) is 0. The van der Waals surface area contributed by atoms with Crippen molar-refractivity contribution in [1.29, 1.82) is 0 Å². The van der Waals surface area contributed by atoms with Crippen LogP contribution < -0.4 is 5.73 Å². The van der Waals surface area contributed by atoms with Gasteiger partial charge in [0.25, 0.3) is 0 Å². The summed E-state index contributed by atoms with van der Waals surface area (Å²) in [6.07, 6.45) is 1.69. The molecule has 2 aromatic rings. The zero-order valence-electron chi connectivity index (χ0n) is 9.32. The Kier molecular flexibility index (Phi) is 3.54. The Hall–Kier alpha value is -1.26. The molecule has 17 heavy (non-hydrogen) atoms. The van der Waals surface area contributed by atoms with Gasteiger partial charge in [0, 0.05) is 10.7 Å². The lowest BCUT2D eigenvalue weighted by molar-refractivity contribution is 0.624. The Morgan fingerprint density at radius 3 is 2.76 bits per heavy atom. The summed E-state index contributed by atoms with van der Waals surface area (Å²) in [5.74, 6) is -0.251. The first-order chi connectivity index (χ1) is 8.09. The minimum absolute atomic E-state index is 0.251. The minimum Gasteiger partial charge on any atom is -0.319 e. The molecule has 2 N–H and O–H groups in total. The lowest BCUT2D eigenvalue weighted by Gasteiger charge is -2.15. The maximum Gasteiger partial charge on any atom is 0.123 e. The molecule has 0 aliphatic rings. The molecule has 1 heterocycles. The van der Waals surface area contributed by atoms with E-state index in [0.29, 0.717) is 0 Å². The summed E-state index contributed by atoms with van der Waals surface area (Å²) in [5.41, 5.74) is 8.61. The Morgan fingerprint density at radius 1 is 1.35 bits per heavy atom. The fourth-order valence-corrected chi connectivity index (χ4v) is 2.26. The third-order valence-electron chi connectivity index (χ3n) is 2.65. The Labute approximate surface area is 108 Å². The van der Waals surface area contributed by atoms with Crippen LogP contribution >= 0.6 is 15.9 Å². The number of hydrogen-bond donors (Lipinski definition) is 1. The van der Waals surface area contributed by atoms with E-state index < -0.39 is 0 Å². The van der Waals surface area contributed by atoms with E-state index in [1.807, 2.05) is 19.1 Å². The zero-order chi connectivity index (χ0) is 12.4. The Bertz CT molecular complexity index is 543. The standard InChI is InChI=1S/C13H12BrFN2/c1-8-7-9(15)4-5-10(8)12(16)13-11(14)3-2-6-17-13/h2-7,12H,16H2,1H3. The second kappa shape index (κ2) is 4.94. The predicted molar refractivity (Wildman–Crippen MR) is 69.1 cm³/mol. The number of halogens is 2. The summed E-state index contributed by atoms with van der Waals surface area (Å²) in [4.78, 5) is 4.25. The van der Waals surface area contributed by atoms with Crippen LogP contribution in [0, 0.1) is 12.7 Å². The van der Waals surface area contributed by atoms with Crippen LogP contribution in [0.2, 0.25) is 0 Å². The van der Waals surface area contributed by atoms with Gasteiger partial charge in [-0.2, -0.15) is 0 Å². The number of aryl methyl sites for hydroxylation is 1. The average Bonchev–Trinajstić information content (AvgIpc) is 2.29. The van der Waals surface area contributed by atoms with Crippen LogP contribution in [0.15, 0.2) is 41.0 Å². The van der Waals surface area contributed by atoms with Gasteiger partial charge in [0.1, 0.15) is 5.82 Å². The van der Waals surface area contributed by atoms with Gasteiger partial charge in [0.05, 0.1) is 11.7 Å². The van der Waals surface area contributed by atoms with Crippen molar-refractivity contribution in [2.45, 2.75) is 13.0 Å². The molecule has 0 aliphatic carbocycles. The molecule has 88 valence electrons. The number of nitrogens with zero attached hydrogens (tertiary/aromatic N) is 1. The zero-order valence-corrected chi connectivity index (χ0v) is 10.9. The van der Waals surface area contributed by atoms with E-state index in [4.69, 9.17) is 5.73 Å². The fourth-order valence-electron chi connectivity index (χ4n) is 1.76. The first kappa shape index (κ1) is 12.2. The molecule has 0 aliphatic heterocycles. The second-order valence-electron chi connectivity index (χ2n) is 3.85. The summed E-state index contributed by atoms with van der Waals surface area (Å²) in [6, 6.07) is 7.96. The molecule has 4 heteroatoms. The van der Waals surface area contributed by atoms with Crippen molar-refractivity contribution >= 4 is 15.9 Å². The molecule has 0 fully saturated rings. The summed E-state index contributed by atoms with van der Waals surface area (Å²) < 4.78 is 13.9. The van der Waals surface area contributed by atoms with Crippen LogP contribution in [0.3, 0.4) is 0 Å². The topological polar surface area (TPSA) is 38.9 Å². The van der Waals surface area contributed by atoms with Crippen LogP contribution in [0.4, 0.5) is 4.39 Å². The molecule has 0 spiro atoms. The molecular formula is C13H12BrFN2. The van der Waals surface area contributed by atoms with Crippen LogP contribution in [-0.4, -0.2) is 4.98 Å². The Balaban J connectivity index is 2.44. The number of pyridine rings is 1. The van der Waals surface area contributed by atoms with Gasteiger partial charge in [-0.05, 0) is 58.2 Å². The summed E-state index contributed by atoms with van der Waals surface area (Å²) in [6.45, 7) is 1.84. The lowest BCUT2D eigenvalue weighted by Crippen LogP contribution is -2.15. The SMILES string of the molecule is Cc1cc(F)ccc1C(N)c1ncccc1Br. The van der Waals surface area contributed by atoms with E-state index in [0.717, 1.165) is 21.3 Å². The molecule has 0 bridgehead atoms. The van der Waals surface area contributed by atoms with Crippen molar-refractivity contribution in [1.82, 2.24) is 4.98 Å². The van der Waals surface area contributed by atoms with Crippen LogP contribution in [0.25, 0.3) is 0 Å². The molecule has 1 aromatic carbocycles. The van der Waals surface area contributed by atoms with E-state index in [9.17, 15) is 4.39 Å². The highest BCUT2D eigenvalue weighted by Gasteiger charge is 2.15. The number of hydrogen-bond acceptors (Lipinski definition) is 2. The molecule has 2 nitrogen and oxygen atoms in total. The third kappa shape index (κ3) is 2.53. The highest BCUT2D eigenvalue weighted by atomic mass is 79.9. The fraction of sp³-hybridized carbons (Fsp3) is 0.154. The van der Waals surface area contributed by atoms with Gasteiger partial charge in [0.2, 0.25) is 0 Å². The molecule has 0 saturated heterocycles. The van der Waals surface area contributed by atoms with Crippen molar-refractivity contribution < 1.29 is 4.39 Å². The van der Waals surface area contributed by atoms with Crippen molar-refractivity contribution in [3.63, 3.8) is 0 Å². The van der Waals surface area contributed by atoms with Crippen molar-refractivity contribution in [2.75, 3.05) is 0 Å². The predicted octanol–water partition coefficient (Wildman–Crippen LogP) is 3.34. The van der Waals surface area contributed by atoms with Crippen LogP contribution in [0.1, 0.15) is 22.9 Å². The van der Waals surface area contributed by atoms with Gasteiger partial charge >= 0.3 is 0 Å². The first-order valence-corrected chi connectivity index (χ1v) is 6.01. The maximum absolute atomic E-state index is 13.0. The number of aromatic nitrogens is 1. The molecule has 1 unspecified atom stereocenters. The highest BCUT2D eigenvalue weighted by Crippen LogP contribution is 2.26. The summed E-state index contributed by atoms with van der Waals surface area (Å²) in [7, 11) is 0. The molecule has 1 atom stereocenters. The third-order valence-corrected chi connectivity index (χ3v) is 3.32. The monoisotopic (exact) mass is 294 g/mol. The molecular weight excluding hydrogens is 283 g/mol. The quantitative estimate of drug-likeness (QED) is 0.923. The number of nitrogens with two attached hydrogens (primary N) is 1. The molecule has 0 amide bonds. The van der Waals surface area contributed by atoms with Crippen LogP contribution in [-0.2, 0) is 0 Å². The van der Waals surface area contributed by atoms with E-state index >= 15 is 0 Å². The largest absolute Gasteiger partial charge is 0.319 e. The van der Waals surface area contributed by atoms with Gasteiger partial charge in [-0.15, -0.1) is 0 Å². The highest BCUT2D eigenvalue weighted by molar-refractivity contribution is 9.10. The van der Waals surface area contributed by atoms with E-state index in [-0.39, 0.29) is 11.9 Å². The minimum atomic E-state index is -0.355.